The second-order valence-electron chi connectivity index (χ2n) is 9.79. The maximum absolute atomic E-state index is 13.4. The Morgan fingerprint density at radius 1 is 1.24 bits per heavy atom. The Hall–Kier alpha value is -1.58. The fraction of sp³-hybridized carbons (Fsp3) is 0.652. The van der Waals surface area contributed by atoms with Crippen LogP contribution in [0.1, 0.15) is 32.6 Å². The molecule has 4 fully saturated rings. The third-order valence-corrected chi connectivity index (χ3v) is 8.49. The smallest absolute Gasteiger partial charge is 0.322 e. The summed E-state index contributed by atoms with van der Waals surface area (Å²) in [4.78, 5) is 32.0. The number of halogens is 2. The average Bonchev–Trinajstić information content (AvgIpc) is 3.57. The Morgan fingerprint density at radius 3 is 2.73 bits per heavy atom. The van der Waals surface area contributed by atoms with Crippen LogP contribution in [-0.4, -0.2) is 88.9 Å². The van der Waals surface area contributed by atoms with Crippen LogP contribution in [0.3, 0.4) is 0 Å². The van der Waals surface area contributed by atoms with Crippen LogP contribution in [0.25, 0.3) is 0 Å². The Balaban J connectivity index is 1.24. The third kappa shape index (κ3) is 4.44. The van der Waals surface area contributed by atoms with Crippen molar-refractivity contribution in [2.75, 3.05) is 38.1 Å². The number of piperazine rings is 1. The minimum atomic E-state index is -0.616. The van der Waals surface area contributed by atoms with E-state index in [1.165, 1.54) is 4.90 Å². The molecule has 33 heavy (non-hydrogen) atoms. The molecule has 1 aromatic rings. The van der Waals surface area contributed by atoms with Gasteiger partial charge in [0.2, 0.25) is 5.91 Å². The van der Waals surface area contributed by atoms with E-state index < -0.39 is 12.3 Å². The molecule has 2 N–H and O–H groups in total. The number of nitrogens with one attached hydrogen (secondary N) is 1. The summed E-state index contributed by atoms with van der Waals surface area (Å²) in [7, 11) is 0. The van der Waals surface area contributed by atoms with Crippen molar-refractivity contribution < 1.29 is 19.4 Å². The largest absolute Gasteiger partial charge is 0.391 e. The number of hydrogen-bond acceptors (Lipinski definition) is 5. The number of rotatable bonds is 3. The van der Waals surface area contributed by atoms with Crippen LogP contribution < -0.4 is 5.32 Å². The molecule has 0 aromatic heterocycles. The summed E-state index contributed by atoms with van der Waals surface area (Å²) in [6, 6.07) is 3.88. The molecule has 3 amide bonds. The molecule has 0 radical (unpaired) electrons. The summed E-state index contributed by atoms with van der Waals surface area (Å²) in [5, 5.41) is 14.1. The van der Waals surface area contributed by atoms with Gasteiger partial charge < -0.3 is 25.0 Å². The highest BCUT2D eigenvalue weighted by Crippen LogP contribution is 2.53. The van der Waals surface area contributed by atoms with Gasteiger partial charge in [-0.15, -0.1) is 0 Å². The first-order chi connectivity index (χ1) is 15.8. The van der Waals surface area contributed by atoms with Crippen molar-refractivity contribution in [3.05, 3.63) is 28.2 Å². The molecule has 3 saturated heterocycles. The van der Waals surface area contributed by atoms with E-state index in [1.54, 1.807) is 25.1 Å². The highest BCUT2D eigenvalue weighted by Gasteiger charge is 2.52. The molecule has 180 valence electrons. The number of urea groups is 1. The lowest BCUT2D eigenvalue weighted by atomic mass is 9.90. The lowest BCUT2D eigenvalue weighted by Gasteiger charge is -2.51. The molecule has 10 heteroatoms. The Bertz CT molecular complexity index is 943. The molecule has 8 nitrogen and oxygen atoms in total. The number of likely N-dealkylation sites (tertiary alicyclic amines) is 1. The average molecular weight is 497 g/mol. The standard InChI is InChI=1S/C23H30Cl2N4O4/c1-14-21(31)29-16(11-27-8-7-23(5-6-23)19(30)12-27)4-9-33-20(29)13-28(14)22(32)26-15-2-3-17(24)18(25)10-15/h2-3,10,14,16,19-20,30H,4-9,11-13H2,1H3,(H,26,32). The van der Waals surface area contributed by atoms with Crippen molar-refractivity contribution in [3.8, 4) is 0 Å². The van der Waals surface area contributed by atoms with Crippen LogP contribution in [-0.2, 0) is 9.53 Å². The van der Waals surface area contributed by atoms with Crippen LogP contribution in [0.4, 0.5) is 10.5 Å². The molecule has 3 heterocycles. The summed E-state index contributed by atoms with van der Waals surface area (Å²) in [5.41, 5.74) is 0.669. The topological polar surface area (TPSA) is 85.4 Å². The van der Waals surface area contributed by atoms with Gasteiger partial charge >= 0.3 is 6.03 Å². The number of β-amino-alcohol motifs (C(OH)–C–C–N with tert-alkyl or cyclic N) is 1. The van der Waals surface area contributed by atoms with Gasteiger partial charge in [-0.25, -0.2) is 4.79 Å². The normalized spacial score (nSPS) is 31.5. The number of anilines is 1. The van der Waals surface area contributed by atoms with E-state index in [4.69, 9.17) is 27.9 Å². The third-order valence-electron chi connectivity index (χ3n) is 7.75. The molecule has 1 saturated carbocycles. The van der Waals surface area contributed by atoms with E-state index >= 15 is 0 Å². The minimum Gasteiger partial charge on any atom is -0.391 e. The molecule has 1 spiro atoms. The van der Waals surface area contributed by atoms with Gasteiger partial charge in [-0.1, -0.05) is 23.2 Å². The molecule has 5 rings (SSSR count). The number of carbonyl (C=O) groups excluding carboxylic acids is 2. The second-order valence-corrected chi connectivity index (χ2v) is 10.6. The minimum absolute atomic E-state index is 0.0134. The maximum atomic E-state index is 13.4. The number of ether oxygens (including phenoxy) is 1. The number of aliphatic hydroxyl groups excluding tert-OH is 1. The Labute approximate surface area is 203 Å². The Morgan fingerprint density at radius 2 is 2.03 bits per heavy atom. The molecule has 4 aliphatic rings. The summed E-state index contributed by atoms with van der Waals surface area (Å²) >= 11 is 12.0. The van der Waals surface area contributed by atoms with E-state index in [2.05, 4.69) is 10.2 Å². The highest BCUT2D eigenvalue weighted by atomic mass is 35.5. The molecule has 1 aromatic carbocycles. The van der Waals surface area contributed by atoms with Crippen LogP contribution in [0, 0.1) is 5.41 Å². The molecule has 1 aliphatic carbocycles. The van der Waals surface area contributed by atoms with Crippen molar-refractivity contribution in [2.24, 2.45) is 5.41 Å². The van der Waals surface area contributed by atoms with Gasteiger partial charge in [0, 0.05) is 24.8 Å². The number of fused-ring (bicyclic) bond motifs is 1. The van der Waals surface area contributed by atoms with Crippen molar-refractivity contribution in [1.29, 1.82) is 0 Å². The van der Waals surface area contributed by atoms with Gasteiger partial charge in [0.15, 0.2) is 6.23 Å². The number of piperidine rings is 1. The molecule has 0 bridgehead atoms. The predicted molar refractivity (Wildman–Crippen MR) is 125 cm³/mol. The first-order valence-electron chi connectivity index (χ1n) is 11.6. The number of nitrogens with zero attached hydrogens (tertiary/aromatic N) is 3. The van der Waals surface area contributed by atoms with E-state index in [0.29, 0.717) is 35.4 Å². The SMILES string of the molecule is CC1C(=O)N2C(CN3CCC4(CC4)C(O)C3)CCOC2CN1C(=O)Nc1ccc(Cl)c(Cl)c1. The quantitative estimate of drug-likeness (QED) is 0.671. The second kappa shape index (κ2) is 8.89. The van der Waals surface area contributed by atoms with Crippen LogP contribution in [0.15, 0.2) is 18.2 Å². The fourth-order valence-electron chi connectivity index (χ4n) is 5.42. The van der Waals surface area contributed by atoms with Gasteiger partial charge in [0.25, 0.3) is 0 Å². The first-order valence-corrected chi connectivity index (χ1v) is 12.4. The zero-order valence-corrected chi connectivity index (χ0v) is 20.2. The molecule has 4 atom stereocenters. The van der Waals surface area contributed by atoms with Gasteiger partial charge in [0.05, 0.1) is 29.3 Å². The first kappa shape index (κ1) is 23.2. The summed E-state index contributed by atoms with van der Waals surface area (Å²) in [6.45, 7) is 4.92. The van der Waals surface area contributed by atoms with Gasteiger partial charge in [-0.3, -0.25) is 9.69 Å². The zero-order valence-electron chi connectivity index (χ0n) is 18.7. The Kier molecular flexibility index (Phi) is 6.24. The van der Waals surface area contributed by atoms with Crippen LogP contribution in [0.5, 0.6) is 0 Å². The molecule has 4 unspecified atom stereocenters. The lowest BCUT2D eigenvalue weighted by molar-refractivity contribution is -0.185. The van der Waals surface area contributed by atoms with Gasteiger partial charge in [-0.05, 0) is 62.8 Å². The van der Waals surface area contributed by atoms with E-state index in [-0.39, 0.29) is 29.5 Å². The van der Waals surface area contributed by atoms with Gasteiger partial charge in [0.1, 0.15) is 6.04 Å². The monoisotopic (exact) mass is 496 g/mol. The molecular formula is C23H30Cl2N4O4. The summed E-state index contributed by atoms with van der Waals surface area (Å²) in [5.74, 6) is -0.114. The number of benzene rings is 1. The molecule has 3 aliphatic heterocycles. The van der Waals surface area contributed by atoms with E-state index in [0.717, 1.165) is 38.8 Å². The maximum Gasteiger partial charge on any atom is 0.322 e. The number of hydrogen-bond donors (Lipinski definition) is 2. The fourth-order valence-corrected chi connectivity index (χ4v) is 5.72. The highest BCUT2D eigenvalue weighted by molar-refractivity contribution is 6.42. The number of carbonyl (C=O) groups is 2. The van der Waals surface area contributed by atoms with Crippen molar-refractivity contribution >= 4 is 40.8 Å². The van der Waals surface area contributed by atoms with Crippen LogP contribution in [0.2, 0.25) is 10.0 Å². The number of aliphatic hydroxyl groups is 1. The van der Waals surface area contributed by atoms with Gasteiger partial charge in [-0.2, -0.15) is 0 Å². The van der Waals surface area contributed by atoms with Crippen LogP contribution >= 0.6 is 23.2 Å². The lowest BCUT2D eigenvalue weighted by Crippen LogP contribution is -2.68. The van der Waals surface area contributed by atoms with Crippen molar-refractivity contribution in [1.82, 2.24) is 14.7 Å². The number of amides is 3. The zero-order chi connectivity index (χ0) is 23.3. The summed E-state index contributed by atoms with van der Waals surface area (Å²) in [6.07, 6.45) is 3.28. The predicted octanol–water partition coefficient (Wildman–Crippen LogP) is 3.02. The van der Waals surface area contributed by atoms with Crippen molar-refractivity contribution in [3.63, 3.8) is 0 Å². The summed E-state index contributed by atoms with van der Waals surface area (Å²) < 4.78 is 5.93. The van der Waals surface area contributed by atoms with Crippen molar-refractivity contribution in [2.45, 2.75) is 57.0 Å². The van der Waals surface area contributed by atoms with E-state index in [1.807, 2.05) is 4.90 Å². The van der Waals surface area contributed by atoms with E-state index in [9.17, 15) is 14.7 Å². The molecular weight excluding hydrogens is 467 g/mol.